The molecule has 0 aliphatic heterocycles. The smallest absolute Gasteiger partial charge is 0.119 e. The van der Waals surface area contributed by atoms with Crippen LogP contribution in [0.5, 0.6) is 5.75 Å². The highest BCUT2D eigenvalue weighted by atomic mass is 16.5. The first kappa shape index (κ1) is 11.0. The minimum Gasteiger partial charge on any atom is -0.497 e. The van der Waals surface area contributed by atoms with E-state index < -0.39 is 0 Å². The van der Waals surface area contributed by atoms with Gasteiger partial charge in [0.2, 0.25) is 0 Å². The Bertz CT molecular complexity index is 502. The molecule has 0 bridgehead atoms. The van der Waals surface area contributed by atoms with Crippen molar-refractivity contribution in [2.75, 3.05) is 13.7 Å². The van der Waals surface area contributed by atoms with Gasteiger partial charge in [0, 0.05) is 36.7 Å². The number of methoxy groups -OCH3 is 1. The quantitative estimate of drug-likeness (QED) is 0.859. The van der Waals surface area contributed by atoms with Crippen LogP contribution in [0.3, 0.4) is 0 Å². The highest BCUT2D eigenvalue weighted by Gasteiger charge is 2.12. The molecular weight excluding hydrogens is 202 g/mol. The maximum atomic E-state index is 9.24. The van der Waals surface area contributed by atoms with Gasteiger partial charge in [0.25, 0.3) is 0 Å². The molecule has 86 valence electrons. The van der Waals surface area contributed by atoms with E-state index in [9.17, 15) is 5.11 Å². The molecule has 0 amide bonds. The third kappa shape index (κ3) is 1.67. The second-order valence-electron chi connectivity index (χ2n) is 4.16. The Morgan fingerprint density at radius 1 is 1.44 bits per heavy atom. The van der Waals surface area contributed by atoms with Crippen LogP contribution in [0.4, 0.5) is 0 Å². The summed E-state index contributed by atoms with van der Waals surface area (Å²) in [6.07, 6.45) is 2.07. The Kier molecular flexibility index (Phi) is 2.88. The van der Waals surface area contributed by atoms with Crippen LogP contribution in [-0.4, -0.2) is 23.4 Å². The van der Waals surface area contributed by atoms with Gasteiger partial charge in [-0.3, -0.25) is 0 Å². The molecule has 1 aromatic heterocycles. The molecule has 0 spiro atoms. The first-order chi connectivity index (χ1) is 7.67. The number of aryl methyl sites for hydroxylation is 1. The van der Waals surface area contributed by atoms with E-state index in [-0.39, 0.29) is 12.5 Å². The summed E-state index contributed by atoms with van der Waals surface area (Å²) in [4.78, 5) is 0. The van der Waals surface area contributed by atoms with Gasteiger partial charge in [-0.15, -0.1) is 0 Å². The van der Waals surface area contributed by atoms with E-state index in [4.69, 9.17) is 4.74 Å². The summed E-state index contributed by atoms with van der Waals surface area (Å²) >= 11 is 0. The Balaban J connectivity index is 2.65. The standard InChI is InChI=1S/C13H17NO2/c1-9(8-15)12-7-14(2)13-5-4-10(16-3)6-11(12)13/h4-7,9,15H,8H2,1-3H3. The number of fused-ring (bicyclic) bond motifs is 1. The summed E-state index contributed by atoms with van der Waals surface area (Å²) in [7, 11) is 3.68. The average molecular weight is 219 g/mol. The van der Waals surface area contributed by atoms with Crippen molar-refractivity contribution in [2.24, 2.45) is 7.05 Å². The van der Waals surface area contributed by atoms with Crippen molar-refractivity contribution in [3.63, 3.8) is 0 Å². The third-order valence-electron chi connectivity index (χ3n) is 3.03. The topological polar surface area (TPSA) is 34.4 Å². The van der Waals surface area contributed by atoms with Crippen molar-refractivity contribution in [1.82, 2.24) is 4.57 Å². The van der Waals surface area contributed by atoms with Crippen molar-refractivity contribution in [3.05, 3.63) is 30.0 Å². The minimum atomic E-state index is 0.149. The Hall–Kier alpha value is -1.48. The second-order valence-corrected chi connectivity index (χ2v) is 4.16. The molecule has 16 heavy (non-hydrogen) atoms. The highest BCUT2D eigenvalue weighted by Crippen LogP contribution is 2.29. The predicted molar refractivity (Wildman–Crippen MR) is 65.0 cm³/mol. The molecule has 1 heterocycles. The molecule has 0 aliphatic rings. The Morgan fingerprint density at radius 3 is 2.81 bits per heavy atom. The number of hydrogen-bond acceptors (Lipinski definition) is 2. The van der Waals surface area contributed by atoms with Crippen molar-refractivity contribution >= 4 is 10.9 Å². The SMILES string of the molecule is COc1ccc2c(c1)c(C(C)CO)cn2C. The zero-order valence-electron chi connectivity index (χ0n) is 9.90. The van der Waals surface area contributed by atoms with Crippen LogP contribution < -0.4 is 4.74 Å². The van der Waals surface area contributed by atoms with Crippen LogP contribution in [0, 0.1) is 0 Å². The van der Waals surface area contributed by atoms with Gasteiger partial charge in [-0.2, -0.15) is 0 Å². The predicted octanol–water partition coefficient (Wildman–Crippen LogP) is 2.28. The first-order valence-electron chi connectivity index (χ1n) is 5.41. The van der Waals surface area contributed by atoms with Crippen molar-refractivity contribution < 1.29 is 9.84 Å². The lowest BCUT2D eigenvalue weighted by atomic mass is 10.0. The van der Waals surface area contributed by atoms with Crippen LogP contribution >= 0.6 is 0 Å². The van der Waals surface area contributed by atoms with Gasteiger partial charge in [-0.05, 0) is 23.8 Å². The average Bonchev–Trinajstić information content (AvgIpc) is 2.65. The Labute approximate surface area is 95.3 Å². The number of nitrogens with zero attached hydrogens (tertiary/aromatic N) is 1. The van der Waals surface area contributed by atoms with Crippen LogP contribution in [0.15, 0.2) is 24.4 Å². The maximum Gasteiger partial charge on any atom is 0.119 e. The summed E-state index contributed by atoms with van der Waals surface area (Å²) in [5.41, 5.74) is 2.33. The third-order valence-corrected chi connectivity index (χ3v) is 3.03. The lowest BCUT2D eigenvalue weighted by Crippen LogP contribution is -1.97. The molecule has 0 aliphatic carbocycles. The lowest BCUT2D eigenvalue weighted by molar-refractivity contribution is 0.273. The van der Waals surface area contributed by atoms with Crippen molar-refractivity contribution in [1.29, 1.82) is 0 Å². The van der Waals surface area contributed by atoms with Crippen molar-refractivity contribution in [3.8, 4) is 5.75 Å². The molecule has 3 heteroatoms. The van der Waals surface area contributed by atoms with E-state index in [2.05, 4.69) is 10.8 Å². The fraction of sp³-hybridized carbons (Fsp3) is 0.385. The number of aromatic nitrogens is 1. The molecular formula is C13H17NO2. The number of aliphatic hydroxyl groups is 1. The fourth-order valence-corrected chi connectivity index (χ4v) is 2.02. The van der Waals surface area contributed by atoms with Gasteiger partial charge in [0.05, 0.1) is 7.11 Å². The van der Waals surface area contributed by atoms with Gasteiger partial charge < -0.3 is 14.4 Å². The molecule has 1 aromatic carbocycles. The summed E-state index contributed by atoms with van der Waals surface area (Å²) in [6, 6.07) is 6.02. The zero-order valence-corrected chi connectivity index (χ0v) is 9.90. The van der Waals surface area contributed by atoms with Crippen LogP contribution in [0.25, 0.3) is 10.9 Å². The van der Waals surface area contributed by atoms with E-state index in [1.54, 1.807) is 7.11 Å². The van der Waals surface area contributed by atoms with E-state index in [0.29, 0.717) is 0 Å². The monoisotopic (exact) mass is 219 g/mol. The molecule has 1 atom stereocenters. The van der Waals surface area contributed by atoms with E-state index >= 15 is 0 Å². The van der Waals surface area contributed by atoms with Crippen molar-refractivity contribution in [2.45, 2.75) is 12.8 Å². The highest BCUT2D eigenvalue weighted by molar-refractivity contribution is 5.85. The zero-order chi connectivity index (χ0) is 11.7. The van der Waals surface area contributed by atoms with E-state index in [0.717, 1.165) is 16.7 Å². The Morgan fingerprint density at radius 2 is 2.19 bits per heavy atom. The largest absolute Gasteiger partial charge is 0.497 e. The maximum absolute atomic E-state index is 9.24. The minimum absolute atomic E-state index is 0.149. The lowest BCUT2D eigenvalue weighted by Gasteiger charge is -2.06. The van der Waals surface area contributed by atoms with E-state index in [1.165, 1.54) is 5.56 Å². The molecule has 0 fully saturated rings. The summed E-state index contributed by atoms with van der Waals surface area (Å²) in [5, 5.41) is 10.4. The summed E-state index contributed by atoms with van der Waals surface area (Å²) in [5.74, 6) is 1.00. The number of ether oxygens (including phenoxy) is 1. The van der Waals surface area contributed by atoms with Gasteiger partial charge in [0.15, 0.2) is 0 Å². The number of rotatable bonds is 3. The molecule has 0 radical (unpaired) electrons. The molecule has 1 unspecified atom stereocenters. The van der Waals surface area contributed by atoms with Crippen LogP contribution in [-0.2, 0) is 7.05 Å². The van der Waals surface area contributed by atoms with E-state index in [1.807, 2.05) is 32.2 Å². The molecule has 0 saturated heterocycles. The van der Waals surface area contributed by atoms with Gasteiger partial charge >= 0.3 is 0 Å². The second kappa shape index (κ2) is 4.18. The summed E-state index contributed by atoms with van der Waals surface area (Å²) < 4.78 is 7.31. The number of hydrogen-bond donors (Lipinski definition) is 1. The number of benzene rings is 1. The first-order valence-corrected chi connectivity index (χ1v) is 5.41. The van der Waals surface area contributed by atoms with Gasteiger partial charge in [0.1, 0.15) is 5.75 Å². The van der Waals surface area contributed by atoms with Crippen LogP contribution in [0.1, 0.15) is 18.4 Å². The molecule has 1 N–H and O–H groups in total. The summed E-state index contributed by atoms with van der Waals surface area (Å²) in [6.45, 7) is 2.19. The fourth-order valence-electron chi connectivity index (χ4n) is 2.02. The molecule has 0 saturated carbocycles. The molecule has 2 aromatic rings. The molecule has 3 nitrogen and oxygen atoms in total. The van der Waals surface area contributed by atoms with Crippen LogP contribution in [0.2, 0.25) is 0 Å². The van der Waals surface area contributed by atoms with Gasteiger partial charge in [-0.25, -0.2) is 0 Å². The molecule has 2 rings (SSSR count). The normalized spacial score (nSPS) is 13.0. The number of aliphatic hydroxyl groups excluding tert-OH is 1. The van der Waals surface area contributed by atoms with Gasteiger partial charge in [-0.1, -0.05) is 6.92 Å².